The van der Waals surface area contributed by atoms with Gasteiger partial charge in [-0.25, -0.2) is 0 Å². The van der Waals surface area contributed by atoms with Gasteiger partial charge in [-0.15, -0.1) is 0 Å². The number of aliphatic carboxylic acids is 1. The summed E-state index contributed by atoms with van der Waals surface area (Å²) in [5.74, 6) is -1.66. The molecule has 1 atom stereocenters. The van der Waals surface area contributed by atoms with Crippen LogP contribution >= 0.6 is 24.0 Å². The normalized spacial score (nSPS) is 17.9. The number of carbonyl (C=O) groups excluding carboxylic acids is 2. The number of thioether (sulfide) groups is 1. The van der Waals surface area contributed by atoms with Crippen LogP contribution in [0.5, 0.6) is 0 Å². The van der Waals surface area contributed by atoms with Crippen LogP contribution in [0.3, 0.4) is 0 Å². The molecular formula is C13H12N2O5S2. The van der Waals surface area contributed by atoms with Gasteiger partial charge >= 0.3 is 5.97 Å². The van der Waals surface area contributed by atoms with E-state index >= 15 is 0 Å². The van der Waals surface area contributed by atoms with Crippen molar-refractivity contribution in [3.05, 3.63) is 29.1 Å². The standard InChI is InChI=1S/C13H12N2O5S2/c1-7(11(18)14-6-10(16)17)15-12(19)9(22-13(15)21)5-8-3-2-4-20-8/h2-5,7H,6H2,1H3,(H,14,18)(H,16,17)/b9-5-. The predicted octanol–water partition coefficient (Wildman–Crippen LogP) is 1.07. The molecule has 0 bridgehead atoms. The summed E-state index contributed by atoms with van der Waals surface area (Å²) in [4.78, 5) is 36.2. The van der Waals surface area contributed by atoms with Crippen molar-refractivity contribution < 1.29 is 23.9 Å². The molecule has 1 aliphatic heterocycles. The molecule has 116 valence electrons. The molecule has 1 fully saturated rings. The van der Waals surface area contributed by atoms with Gasteiger partial charge < -0.3 is 14.8 Å². The number of carboxylic acids is 1. The molecule has 2 amide bonds. The Balaban J connectivity index is 2.11. The molecule has 7 nitrogen and oxygen atoms in total. The zero-order valence-electron chi connectivity index (χ0n) is 11.4. The fourth-order valence-electron chi connectivity index (χ4n) is 1.74. The van der Waals surface area contributed by atoms with Gasteiger partial charge in [0.15, 0.2) is 0 Å². The molecular weight excluding hydrogens is 328 g/mol. The summed E-state index contributed by atoms with van der Waals surface area (Å²) >= 11 is 6.18. The molecule has 1 aromatic heterocycles. The number of nitrogens with zero attached hydrogens (tertiary/aromatic N) is 1. The lowest BCUT2D eigenvalue weighted by Crippen LogP contribution is -2.48. The predicted molar refractivity (Wildman–Crippen MR) is 83.8 cm³/mol. The molecule has 1 aliphatic rings. The van der Waals surface area contributed by atoms with Gasteiger partial charge in [0.1, 0.15) is 22.7 Å². The molecule has 0 spiro atoms. The van der Waals surface area contributed by atoms with Crippen LogP contribution in [0.2, 0.25) is 0 Å². The largest absolute Gasteiger partial charge is 0.480 e. The third kappa shape index (κ3) is 3.55. The highest BCUT2D eigenvalue weighted by Crippen LogP contribution is 2.33. The van der Waals surface area contributed by atoms with E-state index in [0.29, 0.717) is 10.7 Å². The molecule has 0 aromatic carbocycles. The molecule has 2 heterocycles. The summed E-state index contributed by atoms with van der Waals surface area (Å²) in [6.07, 6.45) is 3.02. The number of nitrogens with one attached hydrogen (secondary N) is 1. The van der Waals surface area contributed by atoms with E-state index in [1.165, 1.54) is 13.2 Å². The van der Waals surface area contributed by atoms with Crippen molar-refractivity contribution in [1.82, 2.24) is 10.2 Å². The fraction of sp³-hybridized carbons (Fsp3) is 0.231. The quantitative estimate of drug-likeness (QED) is 0.611. The molecule has 0 radical (unpaired) electrons. The van der Waals surface area contributed by atoms with E-state index in [0.717, 1.165) is 16.7 Å². The number of hydrogen-bond donors (Lipinski definition) is 2. The van der Waals surface area contributed by atoms with E-state index in [1.807, 2.05) is 0 Å². The van der Waals surface area contributed by atoms with Crippen LogP contribution in [0.1, 0.15) is 12.7 Å². The van der Waals surface area contributed by atoms with Crippen molar-refractivity contribution in [2.24, 2.45) is 0 Å². The number of furan rings is 1. The molecule has 1 aromatic rings. The zero-order chi connectivity index (χ0) is 16.3. The van der Waals surface area contributed by atoms with Crippen LogP contribution in [-0.4, -0.2) is 44.7 Å². The van der Waals surface area contributed by atoms with E-state index in [1.54, 1.807) is 18.2 Å². The first-order chi connectivity index (χ1) is 10.4. The van der Waals surface area contributed by atoms with E-state index in [-0.39, 0.29) is 4.32 Å². The minimum absolute atomic E-state index is 0.237. The van der Waals surface area contributed by atoms with Crippen molar-refractivity contribution in [2.45, 2.75) is 13.0 Å². The Bertz CT molecular complexity index is 653. The average molecular weight is 340 g/mol. The van der Waals surface area contributed by atoms with E-state index in [4.69, 9.17) is 21.7 Å². The molecule has 22 heavy (non-hydrogen) atoms. The molecule has 0 saturated carbocycles. The second kappa shape index (κ2) is 6.75. The molecule has 0 aliphatic carbocycles. The highest BCUT2D eigenvalue weighted by atomic mass is 32.2. The summed E-state index contributed by atoms with van der Waals surface area (Å²) < 4.78 is 5.38. The van der Waals surface area contributed by atoms with Gasteiger partial charge in [-0.2, -0.15) is 0 Å². The van der Waals surface area contributed by atoms with Crippen LogP contribution < -0.4 is 5.32 Å². The second-order valence-electron chi connectivity index (χ2n) is 4.35. The van der Waals surface area contributed by atoms with E-state index < -0.39 is 30.4 Å². The Kier molecular flexibility index (Phi) is 4.99. The van der Waals surface area contributed by atoms with Crippen molar-refractivity contribution >= 4 is 52.2 Å². The Hall–Kier alpha value is -2.13. The zero-order valence-corrected chi connectivity index (χ0v) is 13.1. The molecule has 1 unspecified atom stereocenters. The monoisotopic (exact) mass is 340 g/mol. The minimum Gasteiger partial charge on any atom is -0.480 e. The number of carboxylic acid groups (broad SMARTS) is 1. The Labute approximate surface area is 135 Å². The molecule has 2 rings (SSSR count). The van der Waals surface area contributed by atoms with Crippen LogP contribution in [0.25, 0.3) is 6.08 Å². The SMILES string of the molecule is CC(C(=O)NCC(=O)O)N1C(=O)/C(=C/c2ccco2)SC1=S. The van der Waals surface area contributed by atoms with Gasteiger partial charge in [-0.05, 0) is 19.1 Å². The third-order valence-corrected chi connectivity index (χ3v) is 4.15. The van der Waals surface area contributed by atoms with Gasteiger partial charge in [0.05, 0.1) is 11.2 Å². The maximum Gasteiger partial charge on any atom is 0.322 e. The van der Waals surface area contributed by atoms with Crippen LogP contribution in [0.4, 0.5) is 0 Å². The summed E-state index contributed by atoms with van der Waals surface area (Å²) in [6, 6.07) is 2.48. The smallest absolute Gasteiger partial charge is 0.322 e. The van der Waals surface area contributed by atoms with Crippen molar-refractivity contribution in [3.63, 3.8) is 0 Å². The number of carbonyl (C=O) groups is 3. The van der Waals surface area contributed by atoms with Gasteiger partial charge in [0, 0.05) is 6.08 Å². The van der Waals surface area contributed by atoms with E-state index in [9.17, 15) is 14.4 Å². The Morgan fingerprint density at radius 2 is 2.32 bits per heavy atom. The molecule has 9 heteroatoms. The maximum absolute atomic E-state index is 12.3. The highest BCUT2D eigenvalue weighted by Gasteiger charge is 2.38. The third-order valence-electron chi connectivity index (χ3n) is 2.82. The second-order valence-corrected chi connectivity index (χ2v) is 6.03. The van der Waals surface area contributed by atoms with Gasteiger partial charge in [-0.1, -0.05) is 24.0 Å². The van der Waals surface area contributed by atoms with E-state index in [2.05, 4.69) is 5.32 Å². The Morgan fingerprint density at radius 1 is 1.59 bits per heavy atom. The Morgan fingerprint density at radius 3 is 2.91 bits per heavy atom. The maximum atomic E-state index is 12.3. The number of hydrogen-bond acceptors (Lipinski definition) is 6. The summed E-state index contributed by atoms with van der Waals surface area (Å²) in [5, 5.41) is 10.8. The van der Waals surface area contributed by atoms with Crippen molar-refractivity contribution in [2.75, 3.05) is 6.54 Å². The van der Waals surface area contributed by atoms with Gasteiger partial charge in [0.2, 0.25) is 5.91 Å². The van der Waals surface area contributed by atoms with Crippen molar-refractivity contribution in [3.8, 4) is 0 Å². The summed E-state index contributed by atoms with van der Waals surface area (Å²) in [5.41, 5.74) is 0. The topological polar surface area (TPSA) is 99.9 Å². The number of amides is 2. The van der Waals surface area contributed by atoms with Crippen LogP contribution in [0.15, 0.2) is 27.7 Å². The highest BCUT2D eigenvalue weighted by molar-refractivity contribution is 8.26. The lowest BCUT2D eigenvalue weighted by molar-refractivity contribution is -0.139. The lowest BCUT2D eigenvalue weighted by atomic mass is 10.2. The fourth-order valence-corrected chi connectivity index (χ4v) is 3.14. The van der Waals surface area contributed by atoms with Gasteiger partial charge in [-0.3, -0.25) is 19.3 Å². The first kappa shape index (κ1) is 16.2. The van der Waals surface area contributed by atoms with Crippen molar-refractivity contribution in [1.29, 1.82) is 0 Å². The lowest BCUT2D eigenvalue weighted by Gasteiger charge is -2.21. The molecule has 2 N–H and O–H groups in total. The minimum atomic E-state index is -1.16. The first-order valence-corrected chi connectivity index (χ1v) is 7.42. The summed E-state index contributed by atoms with van der Waals surface area (Å²) in [6.45, 7) is 0.970. The number of rotatable bonds is 5. The summed E-state index contributed by atoms with van der Waals surface area (Å²) in [7, 11) is 0. The first-order valence-electron chi connectivity index (χ1n) is 6.20. The molecule has 1 saturated heterocycles. The number of thiocarbonyl (C=S) groups is 1. The average Bonchev–Trinajstić information content (AvgIpc) is 3.05. The van der Waals surface area contributed by atoms with Crippen LogP contribution in [-0.2, 0) is 14.4 Å². The van der Waals surface area contributed by atoms with Gasteiger partial charge in [0.25, 0.3) is 5.91 Å². The van der Waals surface area contributed by atoms with Crippen LogP contribution in [0, 0.1) is 0 Å².